The molecule has 1 aliphatic rings. The van der Waals surface area contributed by atoms with E-state index in [-0.39, 0.29) is 0 Å². The van der Waals surface area contributed by atoms with Gasteiger partial charge in [-0.15, -0.1) is 0 Å². The minimum absolute atomic E-state index is 0.768. The van der Waals surface area contributed by atoms with Crippen molar-refractivity contribution < 1.29 is 0 Å². The lowest BCUT2D eigenvalue weighted by Crippen LogP contribution is -2.28. The number of fused-ring (bicyclic) bond motifs is 1. The zero-order valence-electron chi connectivity index (χ0n) is 11.5. The Morgan fingerprint density at radius 3 is 2.95 bits per heavy atom. The van der Waals surface area contributed by atoms with Crippen LogP contribution in [0, 0.1) is 5.92 Å². The van der Waals surface area contributed by atoms with Gasteiger partial charge in [0.2, 0.25) is 0 Å². The average molecular weight is 290 g/mol. The Morgan fingerprint density at radius 1 is 1.25 bits per heavy atom. The van der Waals surface area contributed by atoms with Crippen molar-refractivity contribution in [3.63, 3.8) is 0 Å². The van der Waals surface area contributed by atoms with Crippen molar-refractivity contribution in [3.8, 4) is 0 Å². The zero-order chi connectivity index (χ0) is 13.8. The van der Waals surface area contributed by atoms with Gasteiger partial charge in [-0.3, -0.25) is 0 Å². The summed E-state index contributed by atoms with van der Waals surface area (Å²) in [6, 6.07) is 7.94. The monoisotopic (exact) mass is 289 g/mol. The molecule has 106 valence electrons. The topological polar surface area (TPSA) is 37.0 Å². The van der Waals surface area contributed by atoms with Crippen molar-refractivity contribution in [2.45, 2.75) is 19.3 Å². The number of hydrogen-bond acceptors (Lipinski definition) is 3. The van der Waals surface area contributed by atoms with Crippen LogP contribution >= 0.6 is 11.6 Å². The zero-order valence-corrected chi connectivity index (χ0v) is 12.3. The van der Waals surface area contributed by atoms with Gasteiger partial charge in [0.25, 0.3) is 0 Å². The molecule has 0 aliphatic carbocycles. The Kier molecular flexibility index (Phi) is 4.38. The molecule has 3 rings (SSSR count). The molecule has 1 aromatic heterocycles. The fourth-order valence-electron chi connectivity index (χ4n) is 2.85. The van der Waals surface area contributed by atoms with Crippen molar-refractivity contribution in [3.05, 3.63) is 35.5 Å². The molecule has 0 amide bonds. The van der Waals surface area contributed by atoms with Crippen LogP contribution in [0.25, 0.3) is 10.8 Å². The minimum atomic E-state index is 0.768. The number of anilines is 1. The minimum Gasteiger partial charge on any atom is -0.370 e. The van der Waals surface area contributed by atoms with Crippen LogP contribution in [0.3, 0.4) is 0 Å². The molecule has 1 fully saturated rings. The molecule has 1 aliphatic heterocycles. The van der Waals surface area contributed by atoms with E-state index in [2.05, 4.69) is 15.6 Å². The smallest absolute Gasteiger partial charge is 0.133 e. The highest BCUT2D eigenvalue weighted by molar-refractivity contribution is 6.31. The third-order valence-electron chi connectivity index (χ3n) is 4.03. The molecule has 2 aromatic rings. The van der Waals surface area contributed by atoms with Gasteiger partial charge in [0.1, 0.15) is 5.82 Å². The lowest BCUT2D eigenvalue weighted by Gasteiger charge is -2.22. The Hall–Kier alpha value is -1.32. The first-order valence-electron chi connectivity index (χ1n) is 7.32. The molecule has 2 N–H and O–H groups in total. The maximum Gasteiger partial charge on any atom is 0.133 e. The summed E-state index contributed by atoms with van der Waals surface area (Å²) in [5.74, 6) is 1.81. The van der Waals surface area contributed by atoms with Crippen LogP contribution in [0.15, 0.2) is 30.5 Å². The second kappa shape index (κ2) is 6.42. The van der Waals surface area contributed by atoms with Crippen LogP contribution in [-0.2, 0) is 0 Å². The summed E-state index contributed by atoms with van der Waals surface area (Å²) in [7, 11) is 0. The Morgan fingerprint density at radius 2 is 2.10 bits per heavy atom. The van der Waals surface area contributed by atoms with E-state index in [0.29, 0.717) is 0 Å². The molecule has 0 spiro atoms. The maximum atomic E-state index is 6.03. The normalized spacial score (nSPS) is 16.4. The van der Waals surface area contributed by atoms with Crippen molar-refractivity contribution in [1.82, 2.24) is 10.3 Å². The summed E-state index contributed by atoms with van der Waals surface area (Å²) in [5, 5.41) is 9.93. The number of benzene rings is 1. The molecular formula is C16H20ClN3. The molecule has 0 unspecified atom stereocenters. The molecule has 0 bridgehead atoms. The molecule has 20 heavy (non-hydrogen) atoms. The molecule has 4 heteroatoms. The number of nitrogens with one attached hydrogen (secondary N) is 2. The lowest BCUT2D eigenvalue weighted by atomic mass is 9.95. The Bertz CT molecular complexity index is 579. The highest BCUT2D eigenvalue weighted by atomic mass is 35.5. The van der Waals surface area contributed by atoms with Crippen molar-refractivity contribution in [2.24, 2.45) is 5.92 Å². The molecule has 1 aromatic carbocycles. The Labute approximate surface area is 124 Å². The van der Waals surface area contributed by atoms with E-state index in [0.717, 1.165) is 47.2 Å². The lowest BCUT2D eigenvalue weighted by molar-refractivity contribution is 0.361. The summed E-state index contributed by atoms with van der Waals surface area (Å²) in [4.78, 5) is 4.45. The van der Waals surface area contributed by atoms with Gasteiger partial charge in [0.05, 0.1) is 0 Å². The van der Waals surface area contributed by atoms with E-state index < -0.39 is 0 Å². The first-order valence-corrected chi connectivity index (χ1v) is 7.69. The molecule has 2 heterocycles. The highest BCUT2D eigenvalue weighted by Crippen LogP contribution is 2.24. The first kappa shape index (κ1) is 13.7. The second-order valence-electron chi connectivity index (χ2n) is 5.43. The maximum absolute atomic E-state index is 6.03. The summed E-state index contributed by atoms with van der Waals surface area (Å²) >= 11 is 6.03. The molecule has 0 atom stereocenters. The van der Waals surface area contributed by atoms with Crippen LogP contribution in [0.2, 0.25) is 5.02 Å². The van der Waals surface area contributed by atoms with Gasteiger partial charge in [0, 0.05) is 23.2 Å². The van der Waals surface area contributed by atoms with E-state index in [4.69, 9.17) is 11.6 Å². The molecule has 3 nitrogen and oxygen atoms in total. The summed E-state index contributed by atoms with van der Waals surface area (Å²) in [5.41, 5.74) is 0. The van der Waals surface area contributed by atoms with E-state index in [9.17, 15) is 0 Å². The quantitative estimate of drug-likeness (QED) is 0.901. The van der Waals surface area contributed by atoms with Gasteiger partial charge >= 0.3 is 0 Å². The van der Waals surface area contributed by atoms with E-state index in [1.807, 2.05) is 30.5 Å². The number of rotatable bonds is 4. The van der Waals surface area contributed by atoms with Crippen molar-refractivity contribution in [2.75, 3.05) is 25.0 Å². The van der Waals surface area contributed by atoms with Crippen LogP contribution in [0.4, 0.5) is 5.82 Å². The predicted octanol–water partition coefficient (Wildman–Crippen LogP) is 3.69. The van der Waals surface area contributed by atoms with Crippen molar-refractivity contribution >= 4 is 28.2 Å². The van der Waals surface area contributed by atoms with E-state index >= 15 is 0 Å². The molecule has 0 radical (unpaired) electrons. The predicted molar refractivity (Wildman–Crippen MR) is 85.5 cm³/mol. The third-order valence-corrected chi connectivity index (χ3v) is 4.27. The molecular weight excluding hydrogens is 270 g/mol. The first-order chi connectivity index (χ1) is 9.83. The summed E-state index contributed by atoms with van der Waals surface area (Å²) < 4.78 is 0. The Balaban J connectivity index is 1.65. The number of pyridine rings is 1. The van der Waals surface area contributed by atoms with Crippen LogP contribution in [0.1, 0.15) is 19.3 Å². The standard InChI is InChI=1S/C16H20ClN3/c17-14-1-2-15-13(11-14)6-10-20-16(15)19-9-5-12-3-7-18-8-4-12/h1-2,6,10-12,18H,3-5,7-9H2,(H,19,20). The third kappa shape index (κ3) is 3.22. The van der Waals surface area contributed by atoms with Gasteiger partial charge in [-0.25, -0.2) is 4.98 Å². The van der Waals surface area contributed by atoms with E-state index in [1.165, 1.54) is 19.3 Å². The molecule has 0 saturated carbocycles. The van der Waals surface area contributed by atoms with Crippen LogP contribution in [0.5, 0.6) is 0 Å². The van der Waals surface area contributed by atoms with Gasteiger partial charge < -0.3 is 10.6 Å². The van der Waals surface area contributed by atoms with Crippen molar-refractivity contribution in [1.29, 1.82) is 0 Å². The highest BCUT2D eigenvalue weighted by Gasteiger charge is 2.12. The number of halogens is 1. The SMILES string of the molecule is Clc1ccc2c(NCCC3CCNCC3)nccc2c1. The van der Waals surface area contributed by atoms with E-state index in [1.54, 1.807) is 0 Å². The van der Waals surface area contributed by atoms with Gasteiger partial charge in [-0.1, -0.05) is 11.6 Å². The second-order valence-corrected chi connectivity index (χ2v) is 5.87. The average Bonchev–Trinajstić information content (AvgIpc) is 2.48. The number of piperidine rings is 1. The van der Waals surface area contributed by atoms with Gasteiger partial charge in [0.15, 0.2) is 0 Å². The summed E-state index contributed by atoms with van der Waals surface area (Å²) in [6.45, 7) is 3.31. The largest absolute Gasteiger partial charge is 0.370 e. The van der Waals surface area contributed by atoms with Crippen LogP contribution < -0.4 is 10.6 Å². The molecule has 1 saturated heterocycles. The number of aromatic nitrogens is 1. The summed E-state index contributed by atoms with van der Waals surface area (Å²) in [6.07, 6.45) is 5.64. The van der Waals surface area contributed by atoms with Gasteiger partial charge in [-0.05, 0) is 67.9 Å². The van der Waals surface area contributed by atoms with Crippen LogP contribution in [-0.4, -0.2) is 24.6 Å². The van der Waals surface area contributed by atoms with Gasteiger partial charge in [-0.2, -0.15) is 0 Å². The fourth-order valence-corrected chi connectivity index (χ4v) is 3.04. The number of hydrogen-bond donors (Lipinski definition) is 2. The number of nitrogens with zero attached hydrogens (tertiary/aromatic N) is 1. The fraction of sp³-hybridized carbons (Fsp3) is 0.438.